The van der Waals surface area contributed by atoms with Gasteiger partial charge in [-0.05, 0) is 43.0 Å². The second kappa shape index (κ2) is 8.32. The van der Waals surface area contributed by atoms with Crippen LogP contribution in [0.2, 0.25) is 5.02 Å². The number of amides is 1. The summed E-state index contributed by atoms with van der Waals surface area (Å²) in [6.45, 7) is 8.47. The van der Waals surface area contributed by atoms with Crippen molar-refractivity contribution >= 4 is 17.5 Å². The molecule has 0 aromatic heterocycles. The van der Waals surface area contributed by atoms with E-state index < -0.39 is 0 Å². The topological polar surface area (TPSA) is 35.6 Å². The molecule has 1 aromatic carbocycles. The summed E-state index contributed by atoms with van der Waals surface area (Å²) < 4.78 is 0. The Bertz CT molecular complexity index is 572. The number of carbonyl (C=O) groups is 1. The Kier molecular flexibility index (Phi) is 6.14. The minimum atomic E-state index is 0.143. The van der Waals surface area contributed by atoms with Crippen molar-refractivity contribution in [3.05, 3.63) is 34.3 Å². The number of aryl methyl sites for hydroxylation is 1. The number of likely N-dealkylation sites (tertiary alicyclic amines) is 1. The molecule has 4 nitrogen and oxygen atoms in total. The van der Waals surface area contributed by atoms with Gasteiger partial charge in [-0.15, -0.1) is 0 Å². The van der Waals surface area contributed by atoms with Gasteiger partial charge < -0.3 is 10.2 Å². The Hall–Kier alpha value is -1.10. The van der Waals surface area contributed by atoms with Crippen molar-refractivity contribution in [1.82, 2.24) is 15.1 Å². The number of halogens is 1. The molecule has 1 aromatic rings. The minimum Gasteiger partial charge on any atom is -0.340 e. The maximum absolute atomic E-state index is 12.8. The number of piperidine rings is 1. The molecule has 0 spiro atoms. The van der Waals surface area contributed by atoms with Crippen LogP contribution in [0, 0.1) is 5.92 Å². The molecule has 0 radical (unpaired) electrons. The number of hydrogen-bond donors (Lipinski definition) is 1. The molecular formula is C19H28ClN3O. The molecule has 24 heavy (non-hydrogen) atoms. The fourth-order valence-corrected chi connectivity index (χ4v) is 4.13. The highest BCUT2D eigenvalue weighted by Gasteiger charge is 2.30. The fraction of sp³-hybridized carbons (Fsp3) is 0.632. The van der Waals surface area contributed by atoms with Gasteiger partial charge in [-0.25, -0.2) is 0 Å². The lowest BCUT2D eigenvalue weighted by atomic mass is 9.95. The maximum Gasteiger partial charge on any atom is 0.227 e. The first-order chi connectivity index (χ1) is 11.7. The van der Waals surface area contributed by atoms with Crippen LogP contribution >= 0.6 is 11.6 Å². The molecule has 2 fully saturated rings. The smallest absolute Gasteiger partial charge is 0.227 e. The molecule has 132 valence electrons. The third-order valence-electron chi connectivity index (χ3n) is 5.26. The van der Waals surface area contributed by atoms with Crippen molar-refractivity contribution in [3.63, 3.8) is 0 Å². The predicted molar refractivity (Wildman–Crippen MR) is 98.3 cm³/mol. The van der Waals surface area contributed by atoms with Crippen LogP contribution in [0.15, 0.2) is 18.2 Å². The molecule has 2 saturated heterocycles. The normalized spacial score (nSPS) is 22.6. The summed E-state index contributed by atoms with van der Waals surface area (Å²) in [7, 11) is 0. The van der Waals surface area contributed by atoms with Crippen LogP contribution in [-0.2, 0) is 17.8 Å². The Labute approximate surface area is 150 Å². The van der Waals surface area contributed by atoms with E-state index >= 15 is 0 Å². The average molecular weight is 350 g/mol. The van der Waals surface area contributed by atoms with Gasteiger partial charge in [0.2, 0.25) is 5.91 Å². The zero-order valence-electron chi connectivity index (χ0n) is 14.6. The van der Waals surface area contributed by atoms with Crippen molar-refractivity contribution in [2.75, 3.05) is 39.3 Å². The van der Waals surface area contributed by atoms with Crippen LogP contribution in [0.4, 0.5) is 0 Å². The van der Waals surface area contributed by atoms with Gasteiger partial charge in [0, 0.05) is 44.3 Å². The van der Waals surface area contributed by atoms with Gasteiger partial charge >= 0.3 is 0 Å². The SMILES string of the molecule is CCc1cccc(Cl)c1CN1CCCC(C(=O)N2CCNCC2)C1. The van der Waals surface area contributed by atoms with Gasteiger partial charge in [-0.2, -0.15) is 0 Å². The van der Waals surface area contributed by atoms with Gasteiger partial charge in [0.05, 0.1) is 5.92 Å². The second-order valence-corrected chi connectivity index (χ2v) is 7.29. The van der Waals surface area contributed by atoms with Crippen molar-refractivity contribution < 1.29 is 4.79 Å². The molecule has 2 aliphatic heterocycles. The standard InChI is InChI=1S/C19H28ClN3O/c1-2-15-5-3-7-18(20)17(15)14-22-10-4-6-16(13-22)19(24)23-11-8-21-9-12-23/h3,5,7,16,21H,2,4,6,8-14H2,1H3. The van der Waals surface area contributed by atoms with Crippen molar-refractivity contribution in [3.8, 4) is 0 Å². The predicted octanol–water partition coefficient (Wildman–Crippen LogP) is 2.55. The van der Waals surface area contributed by atoms with E-state index in [1.807, 2.05) is 17.0 Å². The van der Waals surface area contributed by atoms with E-state index in [0.29, 0.717) is 5.91 Å². The third-order valence-corrected chi connectivity index (χ3v) is 5.62. The summed E-state index contributed by atoms with van der Waals surface area (Å²) in [5.41, 5.74) is 2.55. The monoisotopic (exact) mass is 349 g/mol. The van der Waals surface area contributed by atoms with E-state index in [4.69, 9.17) is 11.6 Å². The largest absolute Gasteiger partial charge is 0.340 e. The molecule has 5 heteroatoms. The first-order valence-corrected chi connectivity index (χ1v) is 9.55. The average Bonchev–Trinajstić information content (AvgIpc) is 2.64. The zero-order chi connectivity index (χ0) is 16.9. The lowest BCUT2D eigenvalue weighted by Crippen LogP contribution is -2.51. The molecule has 3 rings (SSSR count). The molecule has 2 heterocycles. The molecule has 2 aliphatic rings. The number of benzene rings is 1. The molecule has 0 saturated carbocycles. The van der Waals surface area contributed by atoms with Gasteiger partial charge in [0.15, 0.2) is 0 Å². The van der Waals surface area contributed by atoms with Crippen molar-refractivity contribution in [1.29, 1.82) is 0 Å². The molecule has 1 atom stereocenters. The van der Waals surface area contributed by atoms with Crippen LogP contribution in [-0.4, -0.2) is 55.0 Å². The van der Waals surface area contributed by atoms with E-state index in [9.17, 15) is 4.79 Å². The molecule has 1 N–H and O–H groups in total. The van der Waals surface area contributed by atoms with Gasteiger partial charge in [0.1, 0.15) is 0 Å². The molecule has 1 unspecified atom stereocenters. The van der Waals surface area contributed by atoms with Crippen LogP contribution in [0.3, 0.4) is 0 Å². The fourth-order valence-electron chi connectivity index (χ4n) is 3.88. The van der Waals surface area contributed by atoms with Crippen LogP contribution in [0.1, 0.15) is 30.9 Å². The van der Waals surface area contributed by atoms with E-state index in [-0.39, 0.29) is 5.92 Å². The summed E-state index contributed by atoms with van der Waals surface area (Å²) in [6, 6.07) is 6.16. The van der Waals surface area contributed by atoms with E-state index in [0.717, 1.165) is 70.1 Å². The second-order valence-electron chi connectivity index (χ2n) is 6.88. The van der Waals surface area contributed by atoms with Crippen molar-refractivity contribution in [2.24, 2.45) is 5.92 Å². The summed E-state index contributed by atoms with van der Waals surface area (Å²) in [6.07, 6.45) is 3.10. The Morgan fingerprint density at radius 1 is 1.29 bits per heavy atom. The highest BCUT2D eigenvalue weighted by atomic mass is 35.5. The summed E-state index contributed by atoms with van der Waals surface area (Å²) in [5.74, 6) is 0.487. The van der Waals surface area contributed by atoms with E-state index in [1.165, 1.54) is 11.1 Å². The number of nitrogens with one attached hydrogen (secondary N) is 1. The Morgan fingerprint density at radius 2 is 2.08 bits per heavy atom. The maximum atomic E-state index is 12.8. The van der Waals surface area contributed by atoms with Crippen LogP contribution in [0.5, 0.6) is 0 Å². The summed E-state index contributed by atoms with van der Waals surface area (Å²) in [4.78, 5) is 17.2. The van der Waals surface area contributed by atoms with Gasteiger partial charge in [-0.3, -0.25) is 9.69 Å². The number of carbonyl (C=O) groups excluding carboxylic acids is 1. The van der Waals surface area contributed by atoms with Crippen LogP contribution in [0.25, 0.3) is 0 Å². The summed E-state index contributed by atoms with van der Waals surface area (Å²) in [5, 5.41) is 4.17. The van der Waals surface area contributed by atoms with E-state index in [1.54, 1.807) is 0 Å². The first kappa shape index (κ1) is 17.7. The number of hydrogen-bond acceptors (Lipinski definition) is 3. The minimum absolute atomic E-state index is 0.143. The third kappa shape index (κ3) is 4.11. The molecule has 0 aliphatic carbocycles. The highest BCUT2D eigenvalue weighted by molar-refractivity contribution is 6.31. The first-order valence-electron chi connectivity index (χ1n) is 9.17. The van der Waals surface area contributed by atoms with Crippen LogP contribution < -0.4 is 5.32 Å². The van der Waals surface area contributed by atoms with Gasteiger partial charge in [-0.1, -0.05) is 30.7 Å². The Balaban J connectivity index is 1.64. The number of rotatable bonds is 4. The molecule has 0 bridgehead atoms. The number of piperazine rings is 1. The van der Waals surface area contributed by atoms with E-state index in [2.05, 4.69) is 23.2 Å². The van der Waals surface area contributed by atoms with Crippen molar-refractivity contribution in [2.45, 2.75) is 32.7 Å². The summed E-state index contributed by atoms with van der Waals surface area (Å²) >= 11 is 6.44. The zero-order valence-corrected chi connectivity index (χ0v) is 15.3. The number of nitrogens with zero attached hydrogens (tertiary/aromatic N) is 2. The quantitative estimate of drug-likeness (QED) is 0.907. The Morgan fingerprint density at radius 3 is 2.83 bits per heavy atom. The molecule has 1 amide bonds. The lowest BCUT2D eigenvalue weighted by Gasteiger charge is -2.36. The molecular weight excluding hydrogens is 322 g/mol. The highest BCUT2D eigenvalue weighted by Crippen LogP contribution is 2.26. The van der Waals surface area contributed by atoms with Gasteiger partial charge in [0.25, 0.3) is 0 Å². The lowest BCUT2D eigenvalue weighted by molar-refractivity contribution is -0.138.